The highest BCUT2D eigenvalue weighted by Gasteiger charge is 2.09. The molecule has 0 radical (unpaired) electrons. The third-order valence-corrected chi connectivity index (χ3v) is 1.89. The second-order valence-electron chi connectivity index (χ2n) is 3.25. The molecular formula is C9H12N4O2. The fourth-order valence-corrected chi connectivity index (χ4v) is 1.25. The molecule has 0 aliphatic rings. The summed E-state index contributed by atoms with van der Waals surface area (Å²) in [6.45, 7) is 2.35. The molecule has 2 heterocycles. The lowest BCUT2D eigenvalue weighted by Crippen LogP contribution is -2.04. The molecule has 0 aliphatic carbocycles. The van der Waals surface area contributed by atoms with E-state index < -0.39 is 0 Å². The minimum Gasteiger partial charge on any atom is -0.361 e. The summed E-state index contributed by atoms with van der Waals surface area (Å²) in [5, 5.41) is 7.62. The van der Waals surface area contributed by atoms with Crippen molar-refractivity contribution in [1.29, 1.82) is 0 Å². The number of nitrogens with two attached hydrogens (primary N) is 1. The van der Waals surface area contributed by atoms with Crippen LogP contribution < -0.4 is 5.73 Å². The molecule has 2 N–H and O–H groups in total. The van der Waals surface area contributed by atoms with Crippen LogP contribution in [0.3, 0.4) is 0 Å². The molecule has 2 rings (SSSR count). The number of aryl methyl sites for hydroxylation is 1. The highest BCUT2D eigenvalue weighted by Crippen LogP contribution is 2.08. The molecule has 0 aromatic carbocycles. The Balaban J connectivity index is 2.04. The first-order chi connectivity index (χ1) is 7.28. The van der Waals surface area contributed by atoms with E-state index in [0.717, 1.165) is 11.5 Å². The van der Waals surface area contributed by atoms with Gasteiger partial charge in [-0.2, -0.15) is 4.98 Å². The Bertz CT molecular complexity index is 435. The molecule has 0 aliphatic heterocycles. The number of hydrogen-bond donors (Lipinski definition) is 1. The largest absolute Gasteiger partial charge is 0.361 e. The van der Waals surface area contributed by atoms with Crippen molar-refractivity contribution < 1.29 is 9.05 Å². The minimum atomic E-state index is 0.495. The molecule has 0 amide bonds. The van der Waals surface area contributed by atoms with E-state index in [-0.39, 0.29) is 0 Å². The lowest BCUT2D eigenvalue weighted by molar-refractivity contribution is 0.368. The normalized spacial score (nSPS) is 10.8. The van der Waals surface area contributed by atoms with Crippen LogP contribution in [0.1, 0.15) is 23.2 Å². The van der Waals surface area contributed by atoms with Crippen LogP contribution in [-0.4, -0.2) is 21.8 Å². The third kappa shape index (κ3) is 2.41. The predicted octanol–water partition coefficient (Wildman–Crippen LogP) is 0.458. The first-order valence-electron chi connectivity index (χ1n) is 4.71. The highest BCUT2D eigenvalue weighted by atomic mass is 16.5. The molecule has 6 nitrogen and oxygen atoms in total. The van der Waals surface area contributed by atoms with Crippen molar-refractivity contribution in [2.24, 2.45) is 5.73 Å². The van der Waals surface area contributed by atoms with Crippen LogP contribution in [0.25, 0.3) is 0 Å². The maximum absolute atomic E-state index is 5.38. The van der Waals surface area contributed by atoms with Crippen LogP contribution >= 0.6 is 0 Å². The summed E-state index contributed by atoms with van der Waals surface area (Å²) in [6.07, 6.45) is 1.12. The van der Waals surface area contributed by atoms with E-state index in [1.54, 1.807) is 0 Å². The summed E-state index contributed by atoms with van der Waals surface area (Å²) < 4.78 is 9.96. The second kappa shape index (κ2) is 4.22. The van der Waals surface area contributed by atoms with E-state index in [0.29, 0.717) is 31.1 Å². The highest BCUT2D eigenvalue weighted by molar-refractivity contribution is 5.08. The molecule has 2 aromatic heterocycles. The molecule has 0 atom stereocenters. The number of nitrogens with zero attached hydrogens (tertiary/aromatic N) is 3. The summed E-state index contributed by atoms with van der Waals surface area (Å²) in [6, 6.07) is 1.84. The van der Waals surface area contributed by atoms with Crippen LogP contribution in [0.15, 0.2) is 15.1 Å². The van der Waals surface area contributed by atoms with Crippen molar-refractivity contribution in [2.75, 3.05) is 6.54 Å². The maximum atomic E-state index is 5.38. The van der Waals surface area contributed by atoms with E-state index in [1.165, 1.54) is 0 Å². The van der Waals surface area contributed by atoms with Gasteiger partial charge < -0.3 is 14.8 Å². The van der Waals surface area contributed by atoms with Gasteiger partial charge in [-0.25, -0.2) is 0 Å². The zero-order valence-electron chi connectivity index (χ0n) is 8.43. The van der Waals surface area contributed by atoms with Gasteiger partial charge in [-0.3, -0.25) is 0 Å². The fraction of sp³-hybridized carbons (Fsp3) is 0.444. The Morgan fingerprint density at radius 2 is 2.20 bits per heavy atom. The Kier molecular flexibility index (Phi) is 2.77. The van der Waals surface area contributed by atoms with E-state index in [2.05, 4.69) is 15.3 Å². The van der Waals surface area contributed by atoms with Crippen molar-refractivity contribution >= 4 is 0 Å². The summed E-state index contributed by atoms with van der Waals surface area (Å²) in [4.78, 5) is 4.17. The van der Waals surface area contributed by atoms with Gasteiger partial charge in [0.25, 0.3) is 0 Å². The summed E-state index contributed by atoms with van der Waals surface area (Å²) >= 11 is 0. The zero-order valence-corrected chi connectivity index (χ0v) is 8.43. The summed E-state index contributed by atoms with van der Waals surface area (Å²) in [5.41, 5.74) is 6.16. The molecule has 80 valence electrons. The number of aromatic nitrogens is 3. The van der Waals surface area contributed by atoms with E-state index in [9.17, 15) is 0 Å². The lowest BCUT2D eigenvalue weighted by atomic mass is 10.3. The van der Waals surface area contributed by atoms with Gasteiger partial charge in [0.15, 0.2) is 5.82 Å². The minimum absolute atomic E-state index is 0.495. The fourth-order valence-electron chi connectivity index (χ4n) is 1.25. The molecule has 15 heavy (non-hydrogen) atoms. The van der Waals surface area contributed by atoms with Gasteiger partial charge >= 0.3 is 0 Å². The van der Waals surface area contributed by atoms with Crippen molar-refractivity contribution in [3.63, 3.8) is 0 Å². The van der Waals surface area contributed by atoms with Gasteiger partial charge in [0.2, 0.25) is 5.89 Å². The van der Waals surface area contributed by atoms with Crippen molar-refractivity contribution in [3.8, 4) is 0 Å². The van der Waals surface area contributed by atoms with Crippen LogP contribution in [0.4, 0.5) is 0 Å². The number of rotatable bonds is 4. The molecule has 0 saturated carbocycles. The third-order valence-electron chi connectivity index (χ3n) is 1.89. The Morgan fingerprint density at radius 1 is 1.33 bits per heavy atom. The number of hydrogen-bond acceptors (Lipinski definition) is 6. The van der Waals surface area contributed by atoms with E-state index in [1.807, 2.05) is 13.0 Å². The standard InChI is InChI=1S/C9H12N4O2/c1-6-4-7(12-14-6)5-9-11-8(2-3-10)13-15-9/h4H,2-3,5,10H2,1H3. The van der Waals surface area contributed by atoms with Crippen LogP contribution in [0, 0.1) is 6.92 Å². The Labute approximate surface area is 86.4 Å². The molecule has 2 aromatic rings. The Morgan fingerprint density at radius 3 is 2.87 bits per heavy atom. The van der Waals surface area contributed by atoms with Gasteiger partial charge in [0, 0.05) is 12.5 Å². The van der Waals surface area contributed by atoms with E-state index >= 15 is 0 Å². The summed E-state index contributed by atoms with van der Waals surface area (Å²) in [7, 11) is 0. The van der Waals surface area contributed by atoms with Crippen LogP contribution in [-0.2, 0) is 12.8 Å². The second-order valence-corrected chi connectivity index (χ2v) is 3.25. The van der Waals surface area contributed by atoms with Gasteiger partial charge in [-0.15, -0.1) is 0 Å². The van der Waals surface area contributed by atoms with Crippen LogP contribution in [0.5, 0.6) is 0 Å². The first-order valence-corrected chi connectivity index (χ1v) is 4.71. The SMILES string of the molecule is Cc1cc(Cc2nc(CCN)no2)no1. The first kappa shape index (κ1) is 9.85. The predicted molar refractivity (Wildman–Crippen MR) is 51.1 cm³/mol. The lowest BCUT2D eigenvalue weighted by Gasteiger charge is -1.86. The molecule has 0 fully saturated rings. The van der Waals surface area contributed by atoms with E-state index in [4.69, 9.17) is 14.8 Å². The van der Waals surface area contributed by atoms with Crippen molar-refractivity contribution in [1.82, 2.24) is 15.3 Å². The van der Waals surface area contributed by atoms with Gasteiger partial charge in [0.1, 0.15) is 5.76 Å². The van der Waals surface area contributed by atoms with Crippen LogP contribution in [0.2, 0.25) is 0 Å². The molecule has 0 unspecified atom stereocenters. The molecule has 0 saturated heterocycles. The average Bonchev–Trinajstić information content (AvgIpc) is 2.78. The smallest absolute Gasteiger partial charge is 0.232 e. The van der Waals surface area contributed by atoms with Crippen molar-refractivity contribution in [2.45, 2.75) is 19.8 Å². The molecular weight excluding hydrogens is 196 g/mol. The maximum Gasteiger partial charge on any atom is 0.232 e. The summed E-state index contributed by atoms with van der Waals surface area (Å²) in [5.74, 6) is 1.94. The van der Waals surface area contributed by atoms with Gasteiger partial charge in [-0.05, 0) is 13.5 Å². The quantitative estimate of drug-likeness (QED) is 0.784. The monoisotopic (exact) mass is 208 g/mol. The molecule has 6 heteroatoms. The van der Waals surface area contributed by atoms with Gasteiger partial charge in [-0.1, -0.05) is 10.3 Å². The van der Waals surface area contributed by atoms with Gasteiger partial charge in [0.05, 0.1) is 12.1 Å². The Hall–Kier alpha value is -1.69. The average molecular weight is 208 g/mol. The zero-order chi connectivity index (χ0) is 10.7. The van der Waals surface area contributed by atoms with Crippen molar-refractivity contribution in [3.05, 3.63) is 29.2 Å². The molecule has 0 bridgehead atoms. The topological polar surface area (TPSA) is 91.0 Å². The molecule has 0 spiro atoms.